The van der Waals surface area contributed by atoms with Gasteiger partial charge in [-0.2, -0.15) is 5.10 Å². The van der Waals surface area contributed by atoms with Gasteiger partial charge in [-0.1, -0.05) is 27.7 Å². The number of fused-ring (bicyclic) bond motifs is 1. The molecule has 1 N–H and O–H groups in total. The van der Waals surface area contributed by atoms with Gasteiger partial charge in [-0.15, -0.1) is 0 Å². The molecule has 0 aliphatic carbocycles. The van der Waals surface area contributed by atoms with Gasteiger partial charge in [0.2, 0.25) is 5.88 Å². The van der Waals surface area contributed by atoms with Crippen molar-refractivity contribution in [3.63, 3.8) is 0 Å². The van der Waals surface area contributed by atoms with E-state index in [1.165, 1.54) is 0 Å². The van der Waals surface area contributed by atoms with Crippen LogP contribution in [0.15, 0.2) is 18.5 Å². The smallest absolute Gasteiger partial charge is 0.240 e. The predicted octanol–water partition coefficient (Wildman–Crippen LogP) is 2.40. The Kier molecular flexibility index (Phi) is 3.61. The molecule has 2 atom stereocenters. The lowest BCUT2D eigenvalue weighted by molar-refractivity contribution is 0.111. The number of hydrogen-bond acceptors (Lipinski definition) is 4. The summed E-state index contributed by atoms with van der Waals surface area (Å²) in [5.41, 5.74) is 2.01. The summed E-state index contributed by atoms with van der Waals surface area (Å²) in [5, 5.41) is 8.03. The fourth-order valence-corrected chi connectivity index (χ4v) is 2.62. The van der Waals surface area contributed by atoms with E-state index in [0.717, 1.165) is 30.7 Å². The van der Waals surface area contributed by atoms with Gasteiger partial charge in [-0.3, -0.25) is 0 Å². The van der Waals surface area contributed by atoms with Gasteiger partial charge in [-0.05, 0) is 24.9 Å². The molecule has 0 radical (unpaired) electrons. The number of piperidine rings is 1. The van der Waals surface area contributed by atoms with Gasteiger partial charge >= 0.3 is 0 Å². The monoisotopic (exact) mass is 288 g/mol. The van der Waals surface area contributed by atoms with Gasteiger partial charge in [-0.25, -0.2) is 9.50 Å². The molecule has 0 aromatic carbocycles. The normalized spacial score (nSPS) is 23.4. The Hall–Kier alpha value is -1.62. The molecule has 5 nitrogen and oxygen atoms in total. The van der Waals surface area contributed by atoms with Crippen molar-refractivity contribution in [1.82, 2.24) is 19.9 Å². The summed E-state index contributed by atoms with van der Waals surface area (Å²) in [4.78, 5) is 4.42. The molecule has 5 heteroatoms. The van der Waals surface area contributed by atoms with Crippen LogP contribution in [0.4, 0.5) is 0 Å². The maximum Gasteiger partial charge on any atom is 0.240 e. The molecule has 0 bridgehead atoms. The molecule has 0 saturated carbocycles. The van der Waals surface area contributed by atoms with Crippen molar-refractivity contribution in [3.05, 3.63) is 24.2 Å². The van der Waals surface area contributed by atoms with Crippen LogP contribution < -0.4 is 10.1 Å². The van der Waals surface area contributed by atoms with Crippen molar-refractivity contribution in [2.75, 3.05) is 13.1 Å². The first-order valence-electron chi connectivity index (χ1n) is 7.67. The van der Waals surface area contributed by atoms with E-state index >= 15 is 0 Å². The SMILES string of the molecule is CC1CCNCC1Oc1nccn2nc(C(C)(C)C)cc12. The molecule has 1 aliphatic heterocycles. The van der Waals surface area contributed by atoms with E-state index < -0.39 is 0 Å². The van der Waals surface area contributed by atoms with Gasteiger partial charge in [0.05, 0.1) is 5.69 Å². The van der Waals surface area contributed by atoms with E-state index in [1.54, 1.807) is 6.20 Å². The third kappa shape index (κ3) is 2.88. The Bertz CT molecular complexity index is 629. The molecular formula is C16H24N4O. The van der Waals surface area contributed by atoms with Crippen LogP contribution >= 0.6 is 0 Å². The molecule has 3 rings (SSSR count). The summed E-state index contributed by atoms with van der Waals surface area (Å²) in [5.74, 6) is 1.22. The van der Waals surface area contributed by atoms with Gasteiger partial charge in [0.1, 0.15) is 11.6 Å². The summed E-state index contributed by atoms with van der Waals surface area (Å²) >= 11 is 0. The Balaban J connectivity index is 1.93. The van der Waals surface area contributed by atoms with Crippen LogP contribution in [0.25, 0.3) is 5.52 Å². The molecule has 114 valence electrons. The standard InChI is InChI=1S/C16H24N4O/c1-11-5-6-17-10-13(11)21-15-12-9-14(16(2,3)4)19-20(12)8-7-18-15/h7-9,11,13,17H,5-6,10H2,1-4H3. The van der Waals surface area contributed by atoms with Crippen molar-refractivity contribution in [2.45, 2.75) is 45.6 Å². The zero-order valence-electron chi connectivity index (χ0n) is 13.3. The highest BCUT2D eigenvalue weighted by atomic mass is 16.5. The summed E-state index contributed by atoms with van der Waals surface area (Å²) in [6.07, 6.45) is 4.94. The quantitative estimate of drug-likeness (QED) is 0.922. The highest BCUT2D eigenvalue weighted by Crippen LogP contribution is 2.27. The Labute approximate surface area is 125 Å². The maximum absolute atomic E-state index is 6.17. The fourth-order valence-electron chi connectivity index (χ4n) is 2.62. The number of ether oxygens (including phenoxy) is 1. The Morgan fingerprint density at radius 2 is 2.19 bits per heavy atom. The summed E-state index contributed by atoms with van der Waals surface area (Å²) < 4.78 is 8.04. The number of nitrogens with one attached hydrogen (secondary N) is 1. The van der Waals surface area contributed by atoms with Crippen molar-refractivity contribution >= 4 is 5.52 Å². The average molecular weight is 288 g/mol. The van der Waals surface area contributed by atoms with Crippen LogP contribution in [-0.4, -0.2) is 33.8 Å². The molecule has 3 heterocycles. The zero-order valence-corrected chi connectivity index (χ0v) is 13.3. The molecule has 21 heavy (non-hydrogen) atoms. The second-order valence-electron chi connectivity index (χ2n) is 6.97. The van der Waals surface area contributed by atoms with Crippen molar-refractivity contribution < 1.29 is 4.74 Å². The van der Waals surface area contributed by atoms with E-state index in [9.17, 15) is 0 Å². The van der Waals surface area contributed by atoms with Crippen LogP contribution in [-0.2, 0) is 5.41 Å². The van der Waals surface area contributed by atoms with Crippen LogP contribution in [0, 0.1) is 5.92 Å². The van der Waals surface area contributed by atoms with Crippen LogP contribution in [0.2, 0.25) is 0 Å². The first-order chi connectivity index (χ1) is 9.95. The highest BCUT2D eigenvalue weighted by molar-refractivity contribution is 5.57. The van der Waals surface area contributed by atoms with Crippen LogP contribution in [0.3, 0.4) is 0 Å². The molecule has 1 aliphatic rings. The molecule has 0 spiro atoms. The molecule has 1 saturated heterocycles. The van der Waals surface area contributed by atoms with E-state index in [0.29, 0.717) is 11.8 Å². The van der Waals surface area contributed by atoms with Crippen LogP contribution in [0.1, 0.15) is 39.8 Å². The minimum Gasteiger partial charge on any atom is -0.471 e. The minimum absolute atomic E-state index is 0.0168. The molecule has 2 unspecified atom stereocenters. The summed E-state index contributed by atoms with van der Waals surface area (Å²) in [6, 6.07) is 2.09. The van der Waals surface area contributed by atoms with Crippen LogP contribution in [0.5, 0.6) is 5.88 Å². The fraction of sp³-hybridized carbons (Fsp3) is 0.625. The maximum atomic E-state index is 6.17. The third-order valence-corrected chi connectivity index (χ3v) is 4.14. The Morgan fingerprint density at radius 3 is 2.90 bits per heavy atom. The number of rotatable bonds is 2. The van der Waals surface area contributed by atoms with Gasteiger partial charge in [0.15, 0.2) is 0 Å². The topological polar surface area (TPSA) is 51.5 Å². The largest absolute Gasteiger partial charge is 0.471 e. The molecule has 2 aromatic rings. The second-order valence-corrected chi connectivity index (χ2v) is 6.97. The first-order valence-corrected chi connectivity index (χ1v) is 7.67. The Morgan fingerprint density at radius 1 is 1.38 bits per heavy atom. The van der Waals surface area contributed by atoms with E-state index in [4.69, 9.17) is 4.74 Å². The lowest BCUT2D eigenvalue weighted by Gasteiger charge is -2.29. The van der Waals surface area contributed by atoms with Gasteiger partial charge in [0, 0.05) is 24.4 Å². The number of nitrogens with zero attached hydrogens (tertiary/aromatic N) is 3. The highest BCUT2D eigenvalue weighted by Gasteiger charge is 2.25. The first kappa shape index (κ1) is 14.3. The molecule has 2 aromatic heterocycles. The van der Waals surface area contributed by atoms with E-state index in [-0.39, 0.29) is 11.5 Å². The minimum atomic E-state index is 0.0168. The number of hydrogen-bond donors (Lipinski definition) is 1. The third-order valence-electron chi connectivity index (χ3n) is 4.14. The van der Waals surface area contributed by atoms with Crippen molar-refractivity contribution in [2.24, 2.45) is 5.92 Å². The van der Waals surface area contributed by atoms with E-state index in [2.05, 4.69) is 49.2 Å². The lowest BCUT2D eigenvalue weighted by Crippen LogP contribution is -2.43. The van der Waals surface area contributed by atoms with Crippen molar-refractivity contribution in [3.8, 4) is 5.88 Å². The zero-order chi connectivity index (χ0) is 15.0. The number of aromatic nitrogens is 3. The summed E-state index contributed by atoms with van der Waals surface area (Å²) in [7, 11) is 0. The van der Waals surface area contributed by atoms with Crippen molar-refractivity contribution in [1.29, 1.82) is 0 Å². The van der Waals surface area contributed by atoms with Gasteiger partial charge in [0.25, 0.3) is 0 Å². The van der Waals surface area contributed by atoms with Gasteiger partial charge < -0.3 is 10.1 Å². The summed E-state index contributed by atoms with van der Waals surface area (Å²) in [6.45, 7) is 10.7. The molecule has 1 fully saturated rings. The predicted molar refractivity (Wildman–Crippen MR) is 82.8 cm³/mol. The lowest BCUT2D eigenvalue weighted by atomic mass is 9.92. The molecular weight excluding hydrogens is 264 g/mol. The molecule has 0 amide bonds. The second kappa shape index (κ2) is 5.30. The van der Waals surface area contributed by atoms with E-state index in [1.807, 2.05) is 10.7 Å². The average Bonchev–Trinajstić information content (AvgIpc) is 2.86.